The molecule has 5 nitrogen and oxygen atoms in total. The van der Waals surface area contributed by atoms with Crippen molar-refractivity contribution >= 4 is 11.6 Å². The Kier molecular flexibility index (Phi) is 7.18. The summed E-state index contributed by atoms with van der Waals surface area (Å²) in [6.07, 6.45) is 3.58. The van der Waals surface area contributed by atoms with E-state index in [0.29, 0.717) is 0 Å². The first kappa shape index (κ1) is 15.7. The fraction of sp³-hybridized carbons (Fsp3) is 0.714. The molecular formula is C14H26N4O. The lowest BCUT2D eigenvalue weighted by Gasteiger charge is -2.17. The topological polar surface area (TPSA) is 70.1 Å². The van der Waals surface area contributed by atoms with Gasteiger partial charge in [0, 0.05) is 31.7 Å². The van der Waals surface area contributed by atoms with E-state index in [-0.39, 0.29) is 12.6 Å². The summed E-state index contributed by atoms with van der Waals surface area (Å²) < 4.78 is 0. The van der Waals surface area contributed by atoms with Gasteiger partial charge >= 0.3 is 0 Å². The molecule has 19 heavy (non-hydrogen) atoms. The van der Waals surface area contributed by atoms with E-state index in [1.54, 1.807) is 0 Å². The first-order valence-electron chi connectivity index (χ1n) is 7.22. The highest BCUT2D eigenvalue weighted by molar-refractivity contribution is 5.48. The maximum Gasteiger partial charge on any atom is 0.132 e. The van der Waals surface area contributed by atoms with Gasteiger partial charge in [-0.3, -0.25) is 0 Å². The second kappa shape index (κ2) is 8.69. The summed E-state index contributed by atoms with van der Waals surface area (Å²) in [5, 5.41) is 15.7. The van der Waals surface area contributed by atoms with Gasteiger partial charge in [0.15, 0.2) is 0 Å². The van der Waals surface area contributed by atoms with Gasteiger partial charge in [0.2, 0.25) is 0 Å². The van der Waals surface area contributed by atoms with Gasteiger partial charge in [-0.15, -0.1) is 0 Å². The Morgan fingerprint density at radius 3 is 2.53 bits per heavy atom. The molecule has 0 bridgehead atoms. The van der Waals surface area contributed by atoms with Gasteiger partial charge < -0.3 is 15.7 Å². The SMILES string of the molecule is CCCNc1cc(NC(CC)CCO)nc(CC)n1. The van der Waals surface area contributed by atoms with Crippen LogP contribution in [0.15, 0.2) is 6.07 Å². The van der Waals surface area contributed by atoms with Crippen LogP contribution in [0, 0.1) is 0 Å². The maximum absolute atomic E-state index is 9.03. The third kappa shape index (κ3) is 5.42. The number of aromatic nitrogens is 2. The lowest BCUT2D eigenvalue weighted by atomic mass is 10.1. The van der Waals surface area contributed by atoms with Gasteiger partial charge in [0.05, 0.1) is 0 Å². The van der Waals surface area contributed by atoms with E-state index in [0.717, 1.165) is 49.7 Å². The van der Waals surface area contributed by atoms with Crippen LogP contribution in [-0.4, -0.2) is 34.3 Å². The van der Waals surface area contributed by atoms with Crippen LogP contribution < -0.4 is 10.6 Å². The zero-order valence-corrected chi connectivity index (χ0v) is 12.2. The minimum atomic E-state index is 0.193. The van der Waals surface area contributed by atoms with Crippen molar-refractivity contribution < 1.29 is 5.11 Å². The zero-order chi connectivity index (χ0) is 14.1. The first-order valence-corrected chi connectivity index (χ1v) is 7.22. The number of hydrogen-bond donors (Lipinski definition) is 3. The number of rotatable bonds is 9. The second-order valence-corrected chi connectivity index (χ2v) is 4.60. The minimum absolute atomic E-state index is 0.193. The van der Waals surface area contributed by atoms with Crippen molar-refractivity contribution in [3.8, 4) is 0 Å². The highest BCUT2D eigenvalue weighted by atomic mass is 16.3. The number of aliphatic hydroxyl groups excluding tert-OH is 1. The summed E-state index contributed by atoms with van der Waals surface area (Å²) in [6, 6.07) is 2.19. The summed E-state index contributed by atoms with van der Waals surface area (Å²) in [7, 11) is 0. The maximum atomic E-state index is 9.03. The third-order valence-electron chi connectivity index (χ3n) is 2.97. The van der Waals surface area contributed by atoms with Crippen molar-refractivity contribution in [2.24, 2.45) is 0 Å². The van der Waals surface area contributed by atoms with Crippen LogP contribution >= 0.6 is 0 Å². The molecule has 0 saturated heterocycles. The normalized spacial score (nSPS) is 12.2. The van der Waals surface area contributed by atoms with Gasteiger partial charge in [-0.25, -0.2) is 9.97 Å². The van der Waals surface area contributed by atoms with E-state index in [1.807, 2.05) is 13.0 Å². The number of nitrogens with one attached hydrogen (secondary N) is 2. The Labute approximate surface area is 115 Å². The quantitative estimate of drug-likeness (QED) is 0.640. The summed E-state index contributed by atoms with van der Waals surface area (Å²) in [5.41, 5.74) is 0. The average Bonchev–Trinajstić information content (AvgIpc) is 2.44. The van der Waals surface area contributed by atoms with E-state index in [4.69, 9.17) is 5.11 Å². The monoisotopic (exact) mass is 266 g/mol. The molecular weight excluding hydrogens is 240 g/mol. The van der Waals surface area contributed by atoms with Gasteiger partial charge in [0.1, 0.15) is 17.5 Å². The van der Waals surface area contributed by atoms with Crippen molar-refractivity contribution in [1.29, 1.82) is 0 Å². The fourth-order valence-electron chi connectivity index (χ4n) is 1.82. The molecule has 0 spiro atoms. The lowest BCUT2D eigenvalue weighted by Crippen LogP contribution is -2.21. The molecule has 0 radical (unpaired) electrons. The third-order valence-corrected chi connectivity index (χ3v) is 2.97. The molecule has 108 valence electrons. The molecule has 0 amide bonds. The number of nitrogens with zero attached hydrogens (tertiary/aromatic N) is 2. The molecule has 0 aliphatic carbocycles. The first-order chi connectivity index (χ1) is 9.23. The molecule has 1 atom stereocenters. The van der Waals surface area contributed by atoms with E-state index >= 15 is 0 Å². The van der Waals surface area contributed by atoms with E-state index < -0.39 is 0 Å². The highest BCUT2D eigenvalue weighted by Gasteiger charge is 2.08. The van der Waals surface area contributed by atoms with Crippen LogP contribution in [0.5, 0.6) is 0 Å². The Morgan fingerprint density at radius 2 is 1.95 bits per heavy atom. The van der Waals surface area contributed by atoms with Crippen LogP contribution in [0.25, 0.3) is 0 Å². The van der Waals surface area contributed by atoms with E-state index in [9.17, 15) is 0 Å². The summed E-state index contributed by atoms with van der Waals surface area (Å²) >= 11 is 0. The molecule has 0 saturated carbocycles. The molecule has 1 aromatic rings. The summed E-state index contributed by atoms with van der Waals surface area (Å²) in [4.78, 5) is 8.94. The number of hydrogen-bond acceptors (Lipinski definition) is 5. The number of aliphatic hydroxyl groups is 1. The van der Waals surface area contributed by atoms with Crippen LogP contribution in [0.1, 0.15) is 45.9 Å². The summed E-state index contributed by atoms with van der Waals surface area (Å²) in [5.74, 6) is 2.54. The molecule has 1 heterocycles. The van der Waals surface area contributed by atoms with E-state index in [1.165, 1.54) is 0 Å². The van der Waals surface area contributed by atoms with Crippen molar-refractivity contribution in [1.82, 2.24) is 9.97 Å². The number of aryl methyl sites for hydroxylation is 1. The predicted octanol–water partition coefficient (Wildman–Crippen LogP) is 2.43. The summed E-state index contributed by atoms with van der Waals surface area (Å²) in [6.45, 7) is 7.38. The number of anilines is 2. The lowest BCUT2D eigenvalue weighted by molar-refractivity contribution is 0.278. The molecule has 1 aromatic heterocycles. The Hall–Kier alpha value is -1.36. The van der Waals surface area contributed by atoms with Crippen molar-refractivity contribution in [3.63, 3.8) is 0 Å². The predicted molar refractivity (Wildman–Crippen MR) is 79.6 cm³/mol. The van der Waals surface area contributed by atoms with Crippen LogP contribution in [0.4, 0.5) is 11.6 Å². The molecule has 3 N–H and O–H groups in total. The van der Waals surface area contributed by atoms with Gasteiger partial charge in [0.25, 0.3) is 0 Å². The molecule has 0 fully saturated rings. The van der Waals surface area contributed by atoms with Crippen molar-refractivity contribution in [2.75, 3.05) is 23.8 Å². The molecule has 5 heteroatoms. The van der Waals surface area contributed by atoms with Gasteiger partial charge in [-0.2, -0.15) is 0 Å². The van der Waals surface area contributed by atoms with Crippen molar-refractivity contribution in [3.05, 3.63) is 11.9 Å². The molecule has 1 rings (SSSR count). The largest absolute Gasteiger partial charge is 0.396 e. The standard InChI is InChI=1S/C14H26N4O/c1-4-8-15-13-10-14(18-12(6-3)17-13)16-11(5-2)7-9-19/h10-11,19H,4-9H2,1-3H3,(H2,15,16,17,18). The Balaban J connectivity index is 2.80. The second-order valence-electron chi connectivity index (χ2n) is 4.60. The van der Waals surface area contributed by atoms with Crippen LogP contribution in [0.2, 0.25) is 0 Å². The Morgan fingerprint density at radius 1 is 1.21 bits per heavy atom. The van der Waals surface area contributed by atoms with Gasteiger partial charge in [-0.05, 0) is 19.3 Å². The highest BCUT2D eigenvalue weighted by Crippen LogP contribution is 2.14. The van der Waals surface area contributed by atoms with Crippen LogP contribution in [0.3, 0.4) is 0 Å². The molecule has 0 aliphatic heterocycles. The molecule has 1 unspecified atom stereocenters. The fourth-order valence-corrected chi connectivity index (χ4v) is 1.82. The smallest absolute Gasteiger partial charge is 0.132 e. The Bertz CT molecular complexity index is 370. The molecule has 0 aliphatic rings. The minimum Gasteiger partial charge on any atom is -0.396 e. The van der Waals surface area contributed by atoms with E-state index in [2.05, 4.69) is 34.4 Å². The average molecular weight is 266 g/mol. The van der Waals surface area contributed by atoms with Gasteiger partial charge in [-0.1, -0.05) is 20.8 Å². The molecule has 0 aromatic carbocycles. The van der Waals surface area contributed by atoms with Crippen LogP contribution in [-0.2, 0) is 6.42 Å². The van der Waals surface area contributed by atoms with Crippen molar-refractivity contribution in [2.45, 2.75) is 52.5 Å². The zero-order valence-electron chi connectivity index (χ0n) is 12.2.